The molecule has 3 aromatic rings. The summed E-state index contributed by atoms with van der Waals surface area (Å²) >= 11 is 6.24. The first-order valence-corrected chi connectivity index (χ1v) is 10.2. The van der Waals surface area contributed by atoms with Crippen LogP contribution in [0.4, 0.5) is 11.4 Å². The minimum atomic E-state index is -0.439. The first-order chi connectivity index (χ1) is 14.8. The summed E-state index contributed by atoms with van der Waals surface area (Å²) in [6.45, 7) is 6.44. The number of anilines is 1. The molecule has 8 nitrogen and oxygen atoms in total. The Kier molecular flexibility index (Phi) is 6.91. The molecule has 0 fully saturated rings. The van der Waals surface area contributed by atoms with Gasteiger partial charge in [-0.2, -0.15) is 5.10 Å². The van der Waals surface area contributed by atoms with E-state index in [9.17, 15) is 14.9 Å². The van der Waals surface area contributed by atoms with Gasteiger partial charge in [0.05, 0.1) is 22.7 Å². The number of para-hydroxylation sites is 2. The Hall–Kier alpha value is -3.39. The third-order valence-electron chi connectivity index (χ3n) is 5.04. The van der Waals surface area contributed by atoms with Crippen molar-refractivity contribution in [2.75, 3.05) is 18.4 Å². The van der Waals surface area contributed by atoms with Gasteiger partial charge in [-0.15, -0.1) is 0 Å². The monoisotopic (exact) mass is 441 g/mol. The summed E-state index contributed by atoms with van der Waals surface area (Å²) in [7, 11) is 0. The molecular formula is C22H24ClN5O3. The van der Waals surface area contributed by atoms with Crippen LogP contribution in [0, 0.1) is 30.9 Å². The molecule has 2 N–H and O–H groups in total. The van der Waals surface area contributed by atoms with Gasteiger partial charge in [0.1, 0.15) is 5.69 Å². The van der Waals surface area contributed by atoms with Gasteiger partial charge in [0, 0.05) is 35.4 Å². The highest BCUT2D eigenvalue weighted by atomic mass is 35.5. The van der Waals surface area contributed by atoms with E-state index < -0.39 is 4.92 Å². The SMILES string of the molecule is Cc1ccc(-n2nc(C)c(CC(=O)NCCNc3ccccc3[N+](=O)[O-])c2C)cc1Cl. The number of benzene rings is 2. The van der Waals surface area contributed by atoms with Gasteiger partial charge >= 0.3 is 0 Å². The number of hydrogen-bond donors (Lipinski definition) is 2. The minimum absolute atomic E-state index is 0.00343. The topological polar surface area (TPSA) is 102 Å². The van der Waals surface area contributed by atoms with Gasteiger partial charge in [0.25, 0.3) is 5.69 Å². The lowest BCUT2D eigenvalue weighted by Crippen LogP contribution is -2.30. The minimum Gasteiger partial charge on any atom is -0.378 e. The molecule has 31 heavy (non-hydrogen) atoms. The predicted octanol–water partition coefficient (Wildman–Crippen LogP) is 4.13. The highest BCUT2D eigenvalue weighted by Gasteiger charge is 2.16. The molecule has 0 saturated heterocycles. The zero-order valence-electron chi connectivity index (χ0n) is 17.6. The first-order valence-electron chi connectivity index (χ1n) is 9.83. The second-order valence-electron chi connectivity index (χ2n) is 7.22. The van der Waals surface area contributed by atoms with Crippen LogP contribution in [-0.2, 0) is 11.2 Å². The number of amides is 1. The summed E-state index contributed by atoms with van der Waals surface area (Å²) in [5, 5.41) is 22.1. The maximum atomic E-state index is 12.4. The maximum absolute atomic E-state index is 12.4. The number of halogens is 1. The summed E-state index contributed by atoms with van der Waals surface area (Å²) in [5.74, 6) is -0.142. The summed E-state index contributed by atoms with van der Waals surface area (Å²) in [6.07, 6.45) is 0.197. The second kappa shape index (κ2) is 9.61. The number of aromatic nitrogens is 2. The Labute approximate surface area is 185 Å². The number of nitrogens with zero attached hydrogens (tertiary/aromatic N) is 3. The van der Waals surface area contributed by atoms with Crippen molar-refractivity contribution in [3.05, 3.63) is 80.1 Å². The molecule has 2 aromatic carbocycles. The molecule has 162 valence electrons. The molecule has 1 heterocycles. The van der Waals surface area contributed by atoms with Crippen molar-refractivity contribution in [1.29, 1.82) is 0 Å². The van der Waals surface area contributed by atoms with Crippen molar-refractivity contribution < 1.29 is 9.72 Å². The molecule has 0 aliphatic rings. The summed E-state index contributed by atoms with van der Waals surface area (Å²) in [6, 6.07) is 12.1. The van der Waals surface area contributed by atoms with Crippen LogP contribution in [-0.4, -0.2) is 33.7 Å². The number of nitrogens with one attached hydrogen (secondary N) is 2. The van der Waals surface area contributed by atoms with Crippen molar-refractivity contribution in [1.82, 2.24) is 15.1 Å². The average molecular weight is 442 g/mol. The van der Waals surface area contributed by atoms with Crippen LogP contribution in [0.2, 0.25) is 5.02 Å². The lowest BCUT2D eigenvalue weighted by atomic mass is 10.1. The largest absolute Gasteiger partial charge is 0.378 e. The third kappa shape index (κ3) is 5.21. The Morgan fingerprint density at radius 2 is 1.90 bits per heavy atom. The first kappa shape index (κ1) is 22.3. The van der Waals surface area contributed by atoms with Gasteiger partial charge in [-0.25, -0.2) is 4.68 Å². The maximum Gasteiger partial charge on any atom is 0.292 e. The number of carbonyl (C=O) groups is 1. The fourth-order valence-electron chi connectivity index (χ4n) is 3.30. The normalized spacial score (nSPS) is 10.7. The van der Waals surface area contributed by atoms with Crippen LogP contribution >= 0.6 is 11.6 Å². The van der Waals surface area contributed by atoms with E-state index in [4.69, 9.17) is 11.6 Å². The lowest BCUT2D eigenvalue weighted by molar-refractivity contribution is -0.384. The number of nitro benzene ring substituents is 1. The molecule has 0 atom stereocenters. The molecule has 0 bridgehead atoms. The summed E-state index contributed by atoms with van der Waals surface area (Å²) < 4.78 is 1.79. The molecule has 9 heteroatoms. The lowest BCUT2D eigenvalue weighted by Gasteiger charge is -2.09. The van der Waals surface area contributed by atoms with Crippen molar-refractivity contribution in [3.63, 3.8) is 0 Å². The van der Waals surface area contributed by atoms with Crippen LogP contribution in [0.1, 0.15) is 22.5 Å². The van der Waals surface area contributed by atoms with E-state index in [-0.39, 0.29) is 18.0 Å². The Balaban J connectivity index is 1.59. The standard InChI is InChI=1S/C22H24ClN5O3/c1-14-8-9-17(12-19(14)23)27-16(3)18(15(2)26-27)13-22(29)25-11-10-24-20-6-4-5-7-21(20)28(30)31/h4-9,12,24H,10-11,13H2,1-3H3,(H,25,29). The average Bonchev–Trinajstić information content (AvgIpc) is 3.01. The van der Waals surface area contributed by atoms with Crippen LogP contribution < -0.4 is 10.6 Å². The molecule has 0 radical (unpaired) electrons. The molecule has 0 saturated carbocycles. The van der Waals surface area contributed by atoms with Crippen molar-refractivity contribution >= 4 is 28.9 Å². The van der Waals surface area contributed by atoms with Crippen molar-refractivity contribution in [2.45, 2.75) is 27.2 Å². The molecule has 0 aliphatic carbocycles. The van der Waals surface area contributed by atoms with E-state index in [1.165, 1.54) is 6.07 Å². The Morgan fingerprint density at radius 1 is 1.16 bits per heavy atom. The van der Waals surface area contributed by atoms with Crippen LogP contribution in [0.5, 0.6) is 0 Å². The Morgan fingerprint density at radius 3 is 2.61 bits per heavy atom. The second-order valence-corrected chi connectivity index (χ2v) is 7.63. The highest BCUT2D eigenvalue weighted by Crippen LogP contribution is 2.24. The van der Waals surface area contributed by atoms with Gasteiger partial charge in [-0.05, 0) is 44.5 Å². The third-order valence-corrected chi connectivity index (χ3v) is 5.45. The number of aryl methyl sites for hydroxylation is 2. The fourth-order valence-corrected chi connectivity index (χ4v) is 3.47. The number of hydrogen-bond acceptors (Lipinski definition) is 5. The summed E-state index contributed by atoms with van der Waals surface area (Å²) in [5.41, 5.74) is 4.78. The number of nitro groups is 1. The molecular weight excluding hydrogens is 418 g/mol. The molecule has 0 unspecified atom stereocenters. The molecule has 1 amide bonds. The van der Waals surface area contributed by atoms with E-state index in [0.717, 1.165) is 28.2 Å². The number of carbonyl (C=O) groups excluding carboxylic acids is 1. The van der Waals surface area contributed by atoms with E-state index >= 15 is 0 Å². The van der Waals surface area contributed by atoms with E-state index in [0.29, 0.717) is 23.8 Å². The van der Waals surface area contributed by atoms with E-state index in [1.54, 1.807) is 22.9 Å². The Bertz CT molecular complexity index is 1130. The van der Waals surface area contributed by atoms with Crippen LogP contribution in [0.25, 0.3) is 5.69 Å². The highest BCUT2D eigenvalue weighted by molar-refractivity contribution is 6.31. The zero-order chi connectivity index (χ0) is 22.5. The molecule has 3 rings (SSSR count). The smallest absolute Gasteiger partial charge is 0.292 e. The predicted molar refractivity (Wildman–Crippen MR) is 121 cm³/mol. The van der Waals surface area contributed by atoms with E-state index in [1.807, 2.05) is 39.0 Å². The van der Waals surface area contributed by atoms with Gasteiger partial charge in [-0.3, -0.25) is 14.9 Å². The summed E-state index contributed by atoms with van der Waals surface area (Å²) in [4.78, 5) is 23.1. The van der Waals surface area contributed by atoms with Gasteiger partial charge in [0.15, 0.2) is 0 Å². The molecule has 1 aromatic heterocycles. The fraction of sp³-hybridized carbons (Fsp3) is 0.273. The number of rotatable bonds is 8. The van der Waals surface area contributed by atoms with E-state index in [2.05, 4.69) is 15.7 Å². The quantitative estimate of drug-likeness (QED) is 0.311. The van der Waals surface area contributed by atoms with Crippen molar-refractivity contribution in [3.8, 4) is 5.69 Å². The van der Waals surface area contributed by atoms with Gasteiger partial charge < -0.3 is 10.6 Å². The van der Waals surface area contributed by atoms with Gasteiger partial charge in [0.2, 0.25) is 5.91 Å². The zero-order valence-corrected chi connectivity index (χ0v) is 18.4. The van der Waals surface area contributed by atoms with Crippen molar-refractivity contribution in [2.24, 2.45) is 0 Å². The van der Waals surface area contributed by atoms with Crippen LogP contribution in [0.15, 0.2) is 42.5 Å². The molecule has 0 spiro atoms. The molecule has 0 aliphatic heterocycles. The van der Waals surface area contributed by atoms with Crippen LogP contribution in [0.3, 0.4) is 0 Å². The van der Waals surface area contributed by atoms with Gasteiger partial charge in [-0.1, -0.05) is 29.8 Å².